The molecule has 0 saturated heterocycles. The highest BCUT2D eigenvalue weighted by atomic mass is 32.2. The van der Waals surface area contributed by atoms with Crippen LogP contribution in [-0.2, 0) is 18.3 Å². The Morgan fingerprint density at radius 3 is 2.33 bits per heavy atom. The van der Waals surface area contributed by atoms with Crippen LogP contribution in [0.25, 0.3) is 0 Å². The van der Waals surface area contributed by atoms with Crippen LogP contribution in [0.5, 0.6) is 0 Å². The molecule has 0 fully saturated rings. The SMILES string of the molecule is CSc1nc(C)c(CCC(=O)Nc2nc(C(C)C)nn2C)c(C)n1. The molecular weight excluding hydrogens is 324 g/mol. The van der Waals surface area contributed by atoms with E-state index in [1.807, 2.05) is 34.0 Å². The number of carbonyl (C=O) groups excluding carboxylic acids is 1. The average Bonchev–Trinajstić information content (AvgIpc) is 2.87. The van der Waals surface area contributed by atoms with E-state index in [9.17, 15) is 4.79 Å². The fourth-order valence-corrected chi connectivity index (χ4v) is 2.80. The number of amides is 1. The molecule has 0 saturated carbocycles. The van der Waals surface area contributed by atoms with Crippen molar-refractivity contribution in [1.29, 1.82) is 0 Å². The molecule has 0 spiro atoms. The lowest BCUT2D eigenvalue weighted by Crippen LogP contribution is -2.16. The third-order valence-electron chi connectivity index (χ3n) is 3.73. The molecule has 24 heavy (non-hydrogen) atoms. The number of aromatic nitrogens is 5. The van der Waals surface area contributed by atoms with Gasteiger partial charge in [0.1, 0.15) is 0 Å². The third-order valence-corrected chi connectivity index (χ3v) is 4.28. The Morgan fingerprint density at radius 2 is 1.83 bits per heavy atom. The zero-order valence-electron chi connectivity index (χ0n) is 15.0. The van der Waals surface area contributed by atoms with E-state index in [-0.39, 0.29) is 11.8 Å². The van der Waals surface area contributed by atoms with Gasteiger partial charge in [0.2, 0.25) is 11.9 Å². The second-order valence-electron chi connectivity index (χ2n) is 5.98. The molecule has 2 heterocycles. The van der Waals surface area contributed by atoms with Crippen molar-refractivity contribution in [2.24, 2.45) is 7.05 Å². The van der Waals surface area contributed by atoms with Crippen LogP contribution in [0.15, 0.2) is 5.16 Å². The van der Waals surface area contributed by atoms with Crippen LogP contribution in [0.2, 0.25) is 0 Å². The predicted molar refractivity (Wildman–Crippen MR) is 95.3 cm³/mol. The molecule has 2 rings (SSSR count). The summed E-state index contributed by atoms with van der Waals surface area (Å²) < 4.78 is 1.60. The van der Waals surface area contributed by atoms with Gasteiger partial charge in [0.25, 0.3) is 0 Å². The molecule has 2 aromatic heterocycles. The number of rotatable bonds is 6. The first-order valence-electron chi connectivity index (χ1n) is 7.90. The Balaban J connectivity index is 2.01. The Bertz CT molecular complexity index is 717. The normalized spacial score (nSPS) is 11.1. The number of nitrogens with one attached hydrogen (secondary N) is 1. The highest BCUT2D eigenvalue weighted by molar-refractivity contribution is 7.98. The molecule has 0 atom stereocenters. The topological polar surface area (TPSA) is 85.6 Å². The minimum Gasteiger partial charge on any atom is -0.295 e. The third kappa shape index (κ3) is 4.31. The van der Waals surface area contributed by atoms with Crippen molar-refractivity contribution in [2.75, 3.05) is 11.6 Å². The summed E-state index contributed by atoms with van der Waals surface area (Å²) in [6.45, 7) is 7.95. The minimum absolute atomic E-state index is 0.0893. The zero-order chi connectivity index (χ0) is 17.9. The van der Waals surface area contributed by atoms with E-state index in [1.54, 1.807) is 11.7 Å². The fraction of sp³-hybridized carbons (Fsp3) is 0.562. The van der Waals surface area contributed by atoms with Crippen LogP contribution in [0.3, 0.4) is 0 Å². The number of carbonyl (C=O) groups is 1. The van der Waals surface area contributed by atoms with E-state index < -0.39 is 0 Å². The molecule has 7 nitrogen and oxygen atoms in total. The smallest absolute Gasteiger partial charge is 0.227 e. The van der Waals surface area contributed by atoms with Crippen molar-refractivity contribution < 1.29 is 4.79 Å². The molecular formula is C16H24N6OS. The van der Waals surface area contributed by atoms with Gasteiger partial charge < -0.3 is 0 Å². The van der Waals surface area contributed by atoms with E-state index in [0.29, 0.717) is 18.8 Å². The fourth-order valence-electron chi connectivity index (χ4n) is 2.35. The van der Waals surface area contributed by atoms with Gasteiger partial charge in [-0.3, -0.25) is 10.1 Å². The van der Waals surface area contributed by atoms with Gasteiger partial charge in [-0.2, -0.15) is 10.1 Å². The van der Waals surface area contributed by atoms with Gasteiger partial charge >= 0.3 is 0 Å². The van der Waals surface area contributed by atoms with Gasteiger partial charge in [-0.25, -0.2) is 14.6 Å². The van der Waals surface area contributed by atoms with Crippen molar-refractivity contribution in [1.82, 2.24) is 24.7 Å². The Labute approximate surface area is 146 Å². The molecule has 0 unspecified atom stereocenters. The summed E-state index contributed by atoms with van der Waals surface area (Å²) in [4.78, 5) is 25.5. The predicted octanol–water partition coefficient (Wildman–Crippen LogP) is 2.64. The number of hydrogen-bond donors (Lipinski definition) is 1. The minimum atomic E-state index is -0.0893. The molecule has 0 aliphatic heterocycles. The molecule has 8 heteroatoms. The maximum absolute atomic E-state index is 12.2. The van der Waals surface area contributed by atoms with Gasteiger partial charge in [0.15, 0.2) is 11.0 Å². The van der Waals surface area contributed by atoms with Crippen LogP contribution >= 0.6 is 11.8 Å². The van der Waals surface area contributed by atoms with Crippen molar-refractivity contribution >= 4 is 23.6 Å². The Morgan fingerprint density at radius 1 is 1.21 bits per heavy atom. The Kier molecular flexibility index (Phi) is 5.93. The largest absolute Gasteiger partial charge is 0.295 e. The lowest BCUT2D eigenvalue weighted by atomic mass is 10.1. The van der Waals surface area contributed by atoms with E-state index in [2.05, 4.69) is 25.4 Å². The highest BCUT2D eigenvalue weighted by Crippen LogP contribution is 2.17. The number of aryl methyl sites for hydroxylation is 3. The van der Waals surface area contributed by atoms with E-state index in [0.717, 1.165) is 27.9 Å². The highest BCUT2D eigenvalue weighted by Gasteiger charge is 2.14. The van der Waals surface area contributed by atoms with E-state index in [1.165, 1.54) is 11.8 Å². The summed E-state index contributed by atoms with van der Waals surface area (Å²) in [5, 5.41) is 7.88. The van der Waals surface area contributed by atoms with Gasteiger partial charge in [0, 0.05) is 30.8 Å². The van der Waals surface area contributed by atoms with Crippen LogP contribution in [0.4, 0.5) is 5.95 Å². The second kappa shape index (κ2) is 7.74. The summed E-state index contributed by atoms with van der Waals surface area (Å²) in [5.41, 5.74) is 2.89. The first-order chi connectivity index (χ1) is 11.3. The van der Waals surface area contributed by atoms with Crippen LogP contribution in [0, 0.1) is 13.8 Å². The first-order valence-corrected chi connectivity index (χ1v) is 9.13. The molecule has 1 amide bonds. The second-order valence-corrected chi connectivity index (χ2v) is 6.75. The molecule has 2 aromatic rings. The van der Waals surface area contributed by atoms with Gasteiger partial charge in [-0.15, -0.1) is 0 Å². The van der Waals surface area contributed by atoms with Crippen molar-refractivity contribution in [3.8, 4) is 0 Å². The van der Waals surface area contributed by atoms with Crippen LogP contribution < -0.4 is 5.32 Å². The Hall–Kier alpha value is -1.96. The lowest BCUT2D eigenvalue weighted by Gasteiger charge is -2.10. The number of thioether (sulfide) groups is 1. The maximum atomic E-state index is 12.2. The average molecular weight is 348 g/mol. The molecule has 0 aromatic carbocycles. The summed E-state index contributed by atoms with van der Waals surface area (Å²) in [6, 6.07) is 0. The summed E-state index contributed by atoms with van der Waals surface area (Å²) in [5.74, 6) is 1.33. The first kappa shape index (κ1) is 18.4. The molecule has 0 aliphatic carbocycles. The van der Waals surface area contributed by atoms with Crippen molar-refractivity contribution in [3.05, 3.63) is 22.8 Å². The van der Waals surface area contributed by atoms with E-state index in [4.69, 9.17) is 0 Å². The number of anilines is 1. The number of hydrogen-bond acceptors (Lipinski definition) is 6. The zero-order valence-corrected chi connectivity index (χ0v) is 15.9. The van der Waals surface area contributed by atoms with Gasteiger partial charge in [-0.1, -0.05) is 25.6 Å². The summed E-state index contributed by atoms with van der Waals surface area (Å²) >= 11 is 1.52. The van der Waals surface area contributed by atoms with Crippen molar-refractivity contribution in [3.63, 3.8) is 0 Å². The standard InChI is InChI=1S/C16H24N6OS/c1-9(2)14-20-15(22(5)21-14)19-13(23)8-7-12-10(3)17-16(24-6)18-11(12)4/h9H,7-8H2,1-6H3,(H,19,20,21,23). The maximum Gasteiger partial charge on any atom is 0.227 e. The van der Waals surface area contributed by atoms with E-state index >= 15 is 0 Å². The lowest BCUT2D eigenvalue weighted by molar-refractivity contribution is -0.116. The summed E-state index contributed by atoms with van der Waals surface area (Å²) in [7, 11) is 1.78. The molecule has 0 aliphatic rings. The molecule has 130 valence electrons. The molecule has 0 bridgehead atoms. The molecule has 0 radical (unpaired) electrons. The van der Waals surface area contributed by atoms with Crippen LogP contribution in [0.1, 0.15) is 49.0 Å². The van der Waals surface area contributed by atoms with Gasteiger partial charge in [0.05, 0.1) is 0 Å². The molecule has 1 N–H and O–H groups in total. The summed E-state index contributed by atoms with van der Waals surface area (Å²) in [6.07, 6.45) is 2.91. The van der Waals surface area contributed by atoms with Crippen molar-refractivity contribution in [2.45, 2.75) is 51.6 Å². The number of nitrogens with zero attached hydrogens (tertiary/aromatic N) is 5. The van der Waals surface area contributed by atoms with Crippen LogP contribution in [-0.4, -0.2) is 36.9 Å². The quantitative estimate of drug-likeness (QED) is 0.638. The van der Waals surface area contributed by atoms with Gasteiger partial charge in [-0.05, 0) is 32.1 Å². The monoisotopic (exact) mass is 348 g/mol.